The Morgan fingerprint density at radius 1 is 1.06 bits per heavy atom. The Kier molecular flexibility index (Phi) is 6.21. The highest BCUT2D eigenvalue weighted by atomic mass is 16.6. The Balaban J connectivity index is 1.14. The van der Waals surface area contributed by atoms with E-state index in [9.17, 15) is 4.79 Å². The molecule has 4 heterocycles. The van der Waals surface area contributed by atoms with Crippen LogP contribution < -0.4 is 24.8 Å². The van der Waals surface area contributed by atoms with Gasteiger partial charge in [-0.25, -0.2) is 9.97 Å². The summed E-state index contributed by atoms with van der Waals surface area (Å²) in [7, 11) is 1.57. The molecule has 9 nitrogen and oxygen atoms in total. The molecule has 0 aromatic carbocycles. The van der Waals surface area contributed by atoms with Crippen molar-refractivity contribution in [3.63, 3.8) is 0 Å². The highest BCUT2D eigenvalue weighted by molar-refractivity contribution is 6.00. The molecular formula is C24H27N5O4. The van der Waals surface area contributed by atoms with E-state index in [1.54, 1.807) is 25.4 Å². The quantitative estimate of drug-likeness (QED) is 0.591. The average molecular weight is 450 g/mol. The number of hydrogen-bond acceptors (Lipinski definition) is 8. The summed E-state index contributed by atoms with van der Waals surface area (Å²) in [6, 6.07) is 9.60. The van der Waals surface area contributed by atoms with Crippen molar-refractivity contribution < 1.29 is 19.0 Å². The van der Waals surface area contributed by atoms with Gasteiger partial charge in [0, 0.05) is 30.8 Å². The van der Waals surface area contributed by atoms with E-state index in [2.05, 4.69) is 25.6 Å². The maximum absolute atomic E-state index is 12.9. The Morgan fingerprint density at radius 2 is 1.91 bits per heavy atom. The summed E-state index contributed by atoms with van der Waals surface area (Å²) in [6.07, 6.45) is 5.21. The van der Waals surface area contributed by atoms with Crippen LogP contribution in [0.4, 0.5) is 5.69 Å². The van der Waals surface area contributed by atoms with Crippen LogP contribution >= 0.6 is 0 Å². The van der Waals surface area contributed by atoms with Crippen LogP contribution in [0.25, 0.3) is 11.0 Å². The zero-order valence-electron chi connectivity index (χ0n) is 18.5. The largest absolute Gasteiger partial charge is 0.484 e. The van der Waals surface area contributed by atoms with Gasteiger partial charge in [0.2, 0.25) is 11.8 Å². The second kappa shape index (κ2) is 9.58. The van der Waals surface area contributed by atoms with Crippen LogP contribution in [0.5, 0.6) is 17.5 Å². The number of carbonyl (C=O) groups is 1. The number of methoxy groups -OCH3 is 1. The third kappa shape index (κ3) is 4.83. The molecule has 0 unspecified atom stereocenters. The molecule has 9 heteroatoms. The highest BCUT2D eigenvalue weighted by Crippen LogP contribution is 2.29. The van der Waals surface area contributed by atoms with E-state index in [1.165, 1.54) is 0 Å². The number of anilines is 1. The van der Waals surface area contributed by atoms with Gasteiger partial charge in [-0.2, -0.15) is 0 Å². The Hall–Kier alpha value is -3.46. The molecule has 0 radical (unpaired) electrons. The maximum atomic E-state index is 12.9. The third-order valence-electron chi connectivity index (χ3n) is 6.16. The monoisotopic (exact) mass is 449 g/mol. The first-order valence-corrected chi connectivity index (χ1v) is 11.3. The molecular weight excluding hydrogens is 422 g/mol. The minimum atomic E-state index is -0.0238. The molecule has 0 atom stereocenters. The molecule has 1 amide bonds. The average Bonchev–Trinajstić information content (AvgIpc) is 2.87. The van der Waals surface area contributed by atoms with Gasteiger partial charge in [-0.05, 0) is 49.9 Å². The summed E-state index contributed by atoms with van der Waals surface area (Å²) in [4.78, 5) is 26.2. The minimum absolute atomic E-state index is 0.0238. The molecule has 0 bridgehead atoms. The number of nitrogens with zero attached hydrogens (tertiary/aromatic N) is 3. The molecule has 0 spiro atoms. The molecule has 172 valence electrons. The van der Waals surface area contributed by atoms with E-state index in [4.69, 9.17) is 14.2 Å². The Labute approximate surface area is 191 Å². The number of amides is 1. The first-order chi connectivity index (χ1) is 16.2. The number of hydrogen-bond donors (Lipinski definition) is 2. The lowest BCUT2D eigenvalue weighted by molar-refractivity contribution is -0.120. The van der Waals surface area contributed by atoms with E-state index in [0.29, 0.717) is 60.0 Å². The summed E-state index contributed by atoms with van der Waals surface area (Å²) in [5.74, 6) is 1.76. The van der Waals surface area contributed by atoms with E-state index in [-0.39, 0.29) is 11.8 Å². The predicted molar refractivity (Wildman–Crippen MR) is 123 cm³/mol. The van der Waals surface area contributed by atoms with E-state index >= 15 is 0 Å². The van der Waals surface area contributed by atoms with Crippen LogP contribution in [0, 0.1) is 5.92 Å². The molecule has 5 rings (SSSR count). The number of pyridine rings is 3. The van der Waals surface area contributed by atoms with Crippen molar-refractivity contribution in [3.05, 3.63) is 42.2 Å². The topological polar surface area (TPSA) is 107 Å². The number of fused-ring (bicyclic) bond motifs is 2. The van der Waals surface area contributed by atoms with Crippen molar-refractivity contribution in [2.45, 2.75) is 38.3 Å². The molecule has 1 aliphatic heterocycles. The SMILES string of the molecule is COc1ccc2nccc(NC(=O)C3CCC(NCc4ccc5c(n4)OCCO5)CC3)c2n1. The fourth-order valence-corrected chi connectivity index (χ4v) is 4.33. The normalized spacial score (nSPS) is 19.8. The third-order valence-corrected chi connectivity index (χ3v) is 6.16. The number of nitrogens with one attached hydrogen (secondary N) is 2. The minimum Gasteiger partial charge on any atom is -0.484 e. The first kappa shape index (κ1) is 21.4. The first-order valence-electron chi connectivity index (χ1n) is 11.3. The number of aromatic nitrogens is 3. The van der Waals surface area contributed by atoms with Crippen molar-refractivity contribution in [3.8, 4) is 17.5 Å². The van der Waals surface area contributed by atoms with E-state index in [1.807, 2.05) is 18.2 Å². The number of carbonyl (C=O) groups excluding carboxylic acids is 1. The molecule has 0 saturated heterocycles. The van der Waals surface area contributed by atoms with Crippen LogP contribution in [0.3, 0.4) is 0 Å². The Bertz CT molecular complexity index is 1150. The number of ether oxygens (including phenoxy) is 3. The van der Waals surface area contributed by atoms with Crippen LogP contribution in [-0.4, -0.2) is 47.2 Å². The zero-order chi connectivity index (χ0) is 22.6. The molecule has 2 N–H and O–H groups in total. The van der Waals surface area contributed by atoms with Gasteiger partial charge < -0.3 is 24.8 Å². The number of rotatable bonds is 6. The van der Waals surface area contributed by atoms with E-state index < -0.39 is 0 Å². The van der Waals surface area contributed by atoms with Gasteiger partial charge in [0.1, 0.15) is 18.7 Å². The van der Waals surface area contributed by atoms with E-state index in [0.717, 1.165) is 31.4 Å². The van der Waals surface area contributed by atoms with Gasteiger partial charge in [0.15, 0.2) is 5.75 Å². The smallest absolute Gasteiger partial charge is 0.257 e. The van der Waals surface area contributed by atoms with Crippen LogP contribution in [0.1, 0.15) is 31.4 Å². The molecule has 1 fully saturated rings. The van der Waals surface area contributed by atoms with Gasteiger partial charge >= 0.3 is 0 Å². The fourth-order valence-electron chi connectivity index (χ4n) is 4.33. The van der Waals surface area contributed by atoms with Crippen molar-refractivity contribution in [2.75, 3.05) is 25.6 Å². The predicted octanol–water partition coefficient (Wildman–Crippen LogP) is 3.09. The Morgan fingerprint density at radius 3 is 2.76 bits per heavy atom. The van der Waals surface area contributed by atoms with Crippen LogP contribution in [0.2, 0.25) is 0 Å². The molecule has 3 aromatic rings. The lowest BCUT2D eigenvalue weighted by atomic mass is 9.85. The fraction of sp³-hybridized carbons (Fsp3) is 0.417. The second-order valence-electron chi connectivity index (χ2n) is 8.30. The summed E-state index contributed by atoms with van der Waals surface area (Å²) in [5, 5.41) is 6.62. The van der Waals surface area contributed by atoms with Crippen LogP contribution in [-0.2, 0) is 11.3 Å². The summed E-state index contributed by atoms with van der Waals surface area (Å²) >= 11 is 0. The van der Waals surface area contributed by atoms with Gasteiger partial charge in [0.05, 0.1) is 24.0 Å². The van der Waals surface area contributed by atoms with Gasteiger partial charge in [-0.1, -0.05) is 0 Å². The lowest BCUT2D eigenvalue weighted by Gasteiger charge is -2.28. The molecule has 1 saturated carbocycles. The molecule has 1 aliphatic carbocycles. The lowest BCUT2D eigenvalue weighted by Crippen LogP contribution is -2.36. The summed E-state index contributed by atoms with van der Waals surface area (Å²) < 4.78 is 16.3. The standard InChI is InChI=1S/C24H27N5O4/c1-31-21-9-7-18-22(29-21)19(10-11-25-18)28-23(30)15-2-4-16(5-3-15)26-14-17-6-8-20-24(27-17)33-13-12-32-20/h6-11,15-16,26H,2-5,12-14H2,1H3,(H,25,28,30). The zero-order valence-corrected chi connectivity index (χ0v) is 18.5. The van der Waals surface area contributed by atoms with Gasteiger partial charge in [0.25, 0.3) is 5.88 Å². The summed E-state index contributed by atoms with van der Waals surface area (Å²) in [5.41, 5.74) is 2.93. The van der Waals surface area contributed by atoms with Crippen molar-refractivity contribution >= 4 is 22.6 Å². The summed E-state index contributed by atoms with van der Waals surface area (Å²) in [6.45, 7) is 1.75. The van der Waals surface area contributed by atoms with Gasteiger partial charge in [-0.15, -0.1) is 0 Å². The highest BCUT2D eigenvalue weighted by Gasteiger charge is 2.27. The van der Waals surface area contributed by atoms with Gasteiger partial charge in [-0.3, -0.25) is 9.78 Å². The van der Waals surface area contributed by atoms with Crippen molar-refractivity contribution in [1.29, 1.82) is 0 Å². The molecule has 3 aromatic heterocycles. The van der Waals surface area contributed by atoms with Crippen molar-refractivity contribution in [1.82, 2.24) is 20.3 Å². The van der Waals surface area contributed by atoms with Crippen molar-refractivity contribution in [2.24, 2.45) is 5.92 Å². The van der Waals surface area contributed by atoms with Crippen LogP contribution in [0.15, 0.2) is 36.5 Å². The second-order valence-corrected chi connectivity index (χ2v) is 8.30. The maximum Gasteiger partial charge on any atom is 0.257 e. The molecule has 2 aliphatic rings. The molecule has 33 heavy (non-hydrogen) atoms.